The van der Waals surface area contributed by atoms with Gasteiger partial charge in [0.1, 0.15) is 11.6 Å². The highest BCUT2D eigenvalue weighted by Crippen LogP contribution is 2.13. The van der Waals surface area contributed by atoms with E-state index in [1.807, 2.05) is 0 Å². The van der Waals surface area contributed by atoms with Crippen LogP contribution in [0.2, 0.25) is 0 Å². The lowest BCUT2D eigenvalue weighted by Crippen LogP contribution is -2.34. The van der Waals surface area contributed by atoms with E-state index in [-0.39, 0.29) is 11.8 Å². The summed E-state index contributed by atoms with van der Waals surface area (Å²) in [5.74, 6) is -1.99. The smallest absolute Gasteiger partial charge is 0.423 e. The van der Waals surface area contributed by atoms with Crippen LogP contribution in [-0.2, 0) is 0 Å². The molecule has 0 aliphatic heterocycles. The van der Waals surface area contributed by atoms with Crippen molar-refractivity contribution in [1.82, 2.24) is 0 Å². The summed E-state index contributed by atoms with van der Waals surface area (Å²) in [5, 5.41) is 17.5. The molecule has 6 heteroatoms. The van der Waals surface area contributed by atoms with Crippen molar-refractivity contribution in [3.8, 4) is 0 Å². The van der Waals surface area contributed by atoms with Crippen molar-refractivity contribution in [2.75, 3.05) is 0 Å². The van der Waals surface area contributed by atoms with Crippen LogP contribution in [0.15, 0.2) is 6.07 Å². The van der Waals surface area contributed by atoms with Crippen LogP contribution in [0.1, 0.15) is 15.9 Å². The van der Waals surface area contributed by atoms with E-state index < -0.39 is 29.8 Å². The maximum Gasteiger partial charge on any atom is 0.489 e. The molecule has 0 unspecified atom stereocenters. The average Bonchev–Trinajstić information content (AvgIpc) is 2.13. The van der Waals surface area contributed by atoms with Crippen molar-refractivity contribution < 1.29 is 23.6 Å². The third-order valence-electron chi connectivity index (χ3n) is 1.91. The molecule has 2 N–H and O–H groups in total. The zero-order chi connectivity index (χ0) is 10.9. The van der Waals surface area contributed by atoms with Crippen molar-refractivity contribution >= 4 is 18.9 Å². The summed E-state index contributed by atoms with van der Waals surface area (Å²) in [5.41, 5.74) is -1.32. The van der Waals surface area contributed by atoms with Gasteiger partial charge >= 0.3 is 7.12 Å². The fraction of sp³-hybridized carbons (Fsp3) is 0.125. The van der Waals surface area contributed by atoms with Gasteiger partial charge in [-0.2, -0.15) is 0 Å². The van der Waals surface area contributed by atoms with Crippen LogP contribution < -0.4 is 5.46 Å². The number of carbonyl (C=O) groups is 1. The van der Waals surface area contributed by atoms with Crippen LogP contribution in [0.4, 0.5) is 8.78 Å². The second-order valence-corrected chi connectivity index (χ2v) is 2.79. The van der Waals surface area contributed by atoms with Gasteiger partial charge in [0.15, 0.2) is 6.29 Å². The number of halogens is 2. The minimum atomic E-state index is -2.07. The van der Waals surface area contributed by atoms with Gasteiger partial charge in [-0.15, -0.1) is 0 Å². The first-order chi connectivity index (χ1) is 6.49. The molecule has 0 amide bonds. The Hall–Kier alpha value is -1.27. The van der Waals surface area contributed by atoms with Gasteiger partial charge in [0.25, 0.3) is 0 Å². The molecule has 14 heavy (non-hydrogen) atoms. The lowest BCUT2D eigenvalue weighted by Gasteiger charge is -2.07. The third-order valence-corrected chi connectivity index (χ3v) is 1.91. The number of benzene rings is 1. The normalized spacial score (nSPS) is 10.1. The Morgan fingerprint density at radius 2 is 2.00 bits per heavy atom. The van der Waals surface area contributed by atoms with Crippen LogP contribution >= 0.6 is 0 Å². The fourth-order valence-electron chi connectivity index (χ4n) is 1.09. The van der Waals surface area contributed by atoms with E-state index in [2.05, 4.69) is 0 Å². The summed E-state index contributed by atoms with van der Waals surface area (Å²) in [6.45, 7) is 1.16. The molecule has 0 fully saturated rings. The van der Waals surface area contributed by atoms with Crippen LogP contribution in [-0.4, -0.2) is 23.5 Å². The Morgan fingerprint density at radius 3 is 2.43 bits per heavy atom. The van der Waals surface area contributed by atoms with Crippen LogP contribution in [0.25, 0.3) is 0 Å². The second kappa shape index (κ2) is 3.85. The molecular weight excluding hydrogens is 193 g/mol. The molecule has 0 spiro atoms. The van der Waals surface area contributed by atoms with E-state index in [1.54, 1.807) is 0 Å². The van der Waals surface area contributed by atoms with E-state index in [0.717, 1.165) is 13.0 Å². The molecular formula is C8H7BF2O3. The zero-order valence-electron chi connectivity index (χ0n) is 7.29. The van der Waals surface area contributed by atoms with Gasteiger partial charge in [-0.1, -0.05) is 0 Å². The molecule has 0 aromatic heterocycles. The monoisotopic (exact) mass is 200 g/mol. The topological polar surface area (TPSA) is 57.5 Å². The van der Waals surface area contributed by atoms with Gasteiger partial charge in [-0.3, -0.25) is 4.79 Å². The van der Waals surface area contributed by atoms with E-state index in [9.17, 15) is 13.6 Å². The fourth-order valence-corrected chi connectivity index (χ4v) is 1.09. The molecule has 1 aromatic rings. The molecule has 0 saturated heterocycles. The summed E-state index contributed by atoms with van der Waals surface area (Å²) >= 11 is 0. The quantitative estimate of drug-likeness (QED) is 0.511. The molecule has 0 bridgehead atoms. The molecule has 0 aliphatic carbocycles. The molecule has 1 aromatic carbocycles. The zero-order valence-corrected chi connectivity index (χ0v) is 7.29. The van der Waals surface area contributed by atoms with Gasteiger partial charge in [0.05, 0.1) is 5.56 Å². The van der Waals surface area contributed by atoms with Crippen molar-refractivity contribution in [3.05, 3.63) is 28.8 Å². The maximum atomic E-state index is 13.2. The largest absolute Gasteiger partial charge is 0.489 e. The van der Waals surface area contributed by atoms with Crippen LogP contribution in [0, 0.1) is 18.6 Å². The summed E-state index contributed by atoms with van der Waals surface area (Å²) in [4.78, 5) is 10.4. The summed E-state index contributed by atoms with van der Waals surface area (Å²) in [7, 11) is -2.07. The summed E-state index contributed by atoms with van der Waals surface area (Å²) < 4.78 is 26.1. The van der Waals surface area contributed by atoms with Crippen molar-refractivity contribution in [2.45, 2.75) is 6.92 Å². The Kier molecular flexibility index (Phi) is 2.98. The SMILES string of the molecule is Cc1c(F)cc(B(O)O)c(C=O)c1F. The first-order valence-electron chi connectivity index (χ1n) is 3.78. The van der Waals surface area contributed by atoms with Gasteiger partial charge in [0, 0.05) is 5.56 Å². The van der Waals surface area contributed by atoms with E-state index >= 15 is 0 Å². The highest BCUT2D eigenvalue weighted by molar-refractivity contribution is 6.60. The van der Waals surface area contributed by atoms with Gasteiger partial charge in [-0.25, -0.2) is 8.78 Å². The highest BCUT2D eigenvalue weighted by Gasteiger charge is 2.22. The van der Waals surface area contributed by atoms with Gasteiger partial charge < -0.3 is 10.0 Å². The third kappa shape index (κ3) is 1.66. The first-order valence-corrected chi connectivity index (χ1v) is 3.78. The predicted molar refractivity (Wildman–Crippen MR) is 46.3 cm³/mol. The van der Waals surface area contributed by atoms with E-state index in [0.29, 0.717) is 0 Å². The first kappa shape index (κ1) is 10.8. The van der Waals surface area contributed by atoms with Crippen molar-refractivity contribution in [1.29, 1.82) is 0 Å². The minimum absolute atomic E-state index is 0.122. The molecule has 1 rings (SSSR count). The number of carbonyl (C=O) groups excluding carboxylic acids is 1. The molecule has 0 saturated carbocycles. The lowest BCUT2D eigenvalue weighted by atomic mass is 9.76. The van der Waals surface area contributed by atoms with Crippen LogP contribution in [0.3, 0.4) is 0 Å². The number of rotatable bonds is 2. The average molecular weight is 200 g/mol. The molecule has 0 atom stereocenters. The molecule has 3 nitrogen and oxygen atoms in total. The Morgan fingerprint density at radius 1 is 1.43 bits per heavy atom. The molecule has 74 valence electrons. The van der Waals surface area contributed by atoms with Gasteiger partial charge in [0.2, 0.25) is 0 Å². The second-order valence-electron chi connectivity index (χ2n) is 2.79. The van der Waals surface area contributed by atoms with Crippen molar-refractivity contribution in [3.63, 3.8) is 0 Å². The Labute approximate surface area is 79.1 Å². The molecule has 0 heterocycles. The van der Waals surface area contributed by atoms with Crippen molar-refractivity contribution in [2.24, 2.45) is 0 Å². The standard InChI is InChI=1S/C8H7BF2O3/c1-4-7(10)2-6(9(13)14)5(3-12)8(4)11/h2-3,13-14H,1H3. The predicted octanol–water partition coefficient (Wildman–Crippen LogP) is -0.234. The minimum Gasteiger partial charge on any atom is -0.423 e. The Bertz CT molecular complexity index is 379. The lowest BCUT2D eigenvalue weighted by molar-refractivity contribution is 0.112. The number of aldehydes is 1. The van der Waals surface area contributed by atoms with Crippen LogP contribution in [0.5, 0.6) is 0 Å². The van der Waals surface area contributed by atoms with E-state index in [4.69, 9.17) is 10.0 Å². The maximum absolute atomic E-state index is 13.2. The highest BCUT2D eigenvalue weighted by atomic mass is 19.1. The molecule has 0 aliphatic rings. The Balaban J connectivity index is 3.51. The summed E-state index contributed by atoms with van der Waals surface area (Å²) in [6, 6.07) is 0.729. The number of hydrogen-bond acceptors (Lipinski definition) is 3. The molecule has 0 radical (unpaired) electrons. The summed E-state index contributed by atoms with van der Waals surface area (Å²) in [6.07, 6.45) is 0.122. The number of hydrogen-bond donors (Lipinski definition) is 2. The van der Waals surface area contributed by atoms with Gasteiger partial charge in [-0.05, 0) is 18.5 Å². The van der Waals surface area contributed by atoms with E-state index in [1.165, 1.54) is 0 Å².